The van der Waals surface area contributed by atoms with Crippen molar-refractivity contribution in [3.8, 4) is 0 Å². The van der Waals surface area contributed by atoms with Crippen LogP contribution in [0.3, 0.4) is 0 Å². The second kappa shape index (κ2) is 7.39. The van der Waals surface area contributed by atoms with Crippen LogP contribution in [-0.2, 0) is 9.53 Å². The molecule has 1 atom stereocenters. The SMILES string of the molecule is CCNC(=O)NC(=O)C(C)OC(=O)c1c(C)cc(=O)oc1C. The number of esters is 1. The van der Waals surface area contributed by atoms with Gasteiger partial charge in [-0.1, -0.05) is 0 Å². The minimum Gasteiger partial charge on any atom is -0.449 e. The summed E-state index contributed by atoms with van der Waals surface area (Å²) < 4.78 is 9.81. The lowest BCUT2D eigenvalue weighted by molar-refractivity contribution is -0.127. The maximum Gasteiger partial charge on any atom is 0.342 e. The summed E-state index contributed by atoms with van der Waals surface area (Å²) in [5, 5.41) is 4.42. The number of aryl methyl sites for hydroxylation is 2. The zero-order chi connectivity index (χ0) is 16.9. The molecule has 120 valence electrons. The third-order valence-electron chi connectivity index (χ3n) is 2.77. The van der Waals surface area contributed by atoms with Crippen LogP contribution in [0, 0.1) is 13.8 Å². The van der Waals surface area contributed by atoms with E-state index in [0.717, 1.165) is 6.07 Å². The maximum atomic E-state index is 12.1. The van der Waals surface area contributed by atoms with Gasteiger partial charge in [0, 0.05) is 12.6 Å². The van der Waals surface area contributed by atoms with Crippen LogP contribution >= 0.6 is 0 Å². The summed E-state index contributed by atoms with van der Waals surface area (Å²) >= 11 is 0. The molecule has 1 heterocycles. The molecule has 22 heavy (non-hydrogen) atoms. The van der Waals surface area contributed by atoms with E-state index in [1.165, 1.54) is 13.8 Å². The Bertz CT molecular complexity index is 623. The number of amides is 3. The van der Waals surface area contributed by atoms with Crippen molar-refractivity contribution in [2.75, 3.05) is 6.54 Å². The molecule has 1 aromatic heterocycles. The number of ether oxygens (including phenoxy) is 1. The predicted molar refractivity (Wildman–Crippen MR) is 76.5 cm³/mol. The summed E-state index contributed by atoms with van der Waals surface area (Å²) in [5.74, 6) is -1.46. The molecule has 3 amide bonds. The fourth-order valence-corrected chi connectivity index (χ4v) is 1.75. The van der Waals surface area contributed by atoms with E-state index >= 15 is 0 Å². The molecule has 8 nitrogen and oxygen atoms in total. The zero-order valence-electron chi connectivity index (χ0n) is 12.8. The molecule has 1 rings (SSSR count). The van der Waals surface area contributed by atoms with Gasteiger partial charge in [-0.3, -0.25) is 10.1 Å². The van der Waals surface area contributed by atoms with Gasteiger partial charge in [-0.2, -0.15) is 0 Å². The number of urea groups is 1. The molecule has 1 unspecified atom stereocenters. The van der Waals surface area contributed by atoms with Gasteiger partial charge in [0.05, 0.1) is 0 Å². The van der Waals surface area contributed by atoms with Crippen LogP contribution in [0.1, 0.15) is 35.5 Å². The first kappa shape index (κ1) is 17.4. The first-order chi connectivity index (χ1) is 10.3. The second-order valence-corrected chi connectivity index (χ2v) is 4.58. The summed E-state index contributed by atoms with van der Waals surface area (Å²) in [7, 11) is 0. The summed E-state index contributed by atoms with van der Waals surface area (Å²) in [6.45, 7) is 6.39. The van der Waals surface area contributed by atoms with E-state index in [4.69, 9.17) is 9.15 Å². The summed E-state index contributed by atoms with van der Waals surface area (Å²) in [4.78, 5) is 46.2. The highest BCUT2D eigenvalue weighted by atomic mass is 16.5. The van der Waals surface area contributed by atoms with Crippen LogP contribution in [0.25, 0.3) is 0 Å². The van der Waals surface area contributed by atoms with Crippen molar-refractivity contribution in [3.63, 3.8) is 0 Å². The van der Waals surface area contributed by atoms with Crippen LogP contribution in [0.2, 0.25) is 0 Å². The number of carbonyl (C=O) groups excluding carboxylic acids is 3. The van der Waals surface area contributed by atoms with Crippen molar-refractivity contribution in [1.29, 1.82) is 0 Å². The molecule has 0 aromatic carbocycles. The fraction of sp³-hybridized carbons (Fsp3) is 0.429. The van der Waals surface area contributed by atoms with Crippen LogP contribution in [0.15, 0.2) is 15.3 Å². The Morgan fingerprint density at radius 2 is 1.95 bits per heavy atom. The molecule has 0 saturated heterocycles. The van der Waals surface area contributed by atoms with Gasteiger partial charge >= 0.3 is 17.6 Å². The Morgan fingerprint density at radius 3 is 2.50 bits per heavy atom. The zero-order valence-corrected chi connectivity index (χ0v) is 12.8. The van der Waals surface area contributed by atoms with E-state index in [1.807, 2.05) is 5.32 Å². The van der Waals surface area contributed by atoms with Crippen molar-refractivity contribution in [2.24, 2.45) is 0 Å². The highest BCUT2D eigenvalue weighted by Crippen LogP contribution is 2.13. The molecule has 0 aliphatic carbocycles. The van der Waals surface area contributed by atoms with Gasteiger partial charge in [0.15, 0.2) is 6.10 Å². The third-order valence-corrected chi connectivity index (χ3v) is 2.77. The predicted octanol–water partition coefficient (Wildman–Crippen LogP) is 0.648. The van der Waals surface area contributed by atoms with E-state index in [1.54, 1.807) is 13.8 Å². The standard InChI is InChI=1S/C14H18N2O6/c1-5-15-14(20)16-12(18)9(4)22-13(19)11-7(2)6-10(17)21-8(11)3/h6,9H,5H2,1-4H3,(H2,15,16,18,20). The molecule has 0 saturated carbocycles. The number of hydrogen-bond acceptors (Lipinski definition) is 6. The molecule has 0 fully saturated rings. The molecule has 0 aliphatic heterocycles. The van der Waals surface area contributed by atoms with Gasteiger partial charge in [0.25, 0.3) is 5.91 Å². The van der Waals surface area contributed by atoms with E-state index in [-0.39, 0.29) is 11.3 Å². The number of hydrogen-bond donors (Lipinski definition) is 2. The normalized spacial score (nSPS) is 11.5. The lowest BCUT2D eigenvalue weighted by Crippen LogP contribution is -2.44. The van der Waals surface area contributed by atoms with E-state index < -0.39 is 29.6 Å². The molecule has 0 aliphatic rings. The molecular weight excluding hydrogens is 292 g/mol. The average molecular weight is 310 g/mol. The minimum absolute atomic E-state index is 0.0808. The largest absolute Gasteiger partial charge is 0.449 e. The van der Waals surface area contributed by atoms with Crippen LogP contribution in [-0.4, -0.2) is 30.6 Å². The number of carbonyl (C=O) groups is 3. The second-order valence-electron chi connectivity index (χ2n) is 4.58. The Balaban J connectivity index is 2.78. The summed E-state index contributed by atoms with van der Waals surface area (Å²) in [6, 6.07) is 0.483. The van der Waals surface area contributed by atoms with Crippen molar-refractivity contribution in [2.45, 2.75) is 33.8 Å². The molecule has 0 radical (unpaired) electrons. The molecular formula is C14H18N2O6. The van der Waals surface area contributed by atoms with Crippen molar-refractivity contribution in [3.05, 3.63) is 33.4 Å². The summed E-state index contributed by atoms with van der Waals surface area (Å²) in [6.07, 6.45) is -1.18. The van der Waals surface area contributed by atoms with Gasteiger partial charge in [-0.25, -0.2) is 14.4 Å². The highest BCUT2D eigenvalue weighted by molar-refractivity contribution is 5.99. The van der Waals surface area contributed by atoms with Gasteiger partial charge in [-0.15, -0.1) is 0 Å². The minimum atomic E-state index is -1.18. The molecule has 8 heteroatoms. The van der Waals surface area contributed by atoms with Crippen molar-refractivity contribution < 1.29 is 23.5 Å². The van der Waals surface area contributed by atoms with Crippen molar-refractivity contribution in [1.82, 2.24) is 10.6 Å². The van der Waals surface area contributed by atoms with Gasteiger partial charge in [0.1, 0.15) is 11.3 Å². The van der Waals surface area contributed by atoms with Crippen LogP contribution in [0.5, 0.6) is 0 Å². The third kappa shape index (κ3) is 4.44. The van der Waals surface area contributed by atoms with Gasteiger partial charge in [0.2, 0.25) is 0 Å². The monoisotopic (exact) mass is 310 g/mol. The van der Waals surface area contributed by atoms with E-state index in [2.05, 4.69) is 5.32 Å². The number of imide groups is 1. The molecule has 0 spiro atoms. The first-order valence-corrected chi connectivity index (χ1v) is 6.67. The van der Waals surface area contributed by atoms with E-state index in [0.29, 0.717) is 12.1 Å². The quantitative estimate of drug-likeness (QED) is 0.789. The van der Waals surface area contributed by atoms with E-state index in [9.17, 15) is 19.2 Å². The number of rotatable bonds is 4. The average Bonchev–Trinajstić information content (AvgIpc) is 2.37. The Morgan fingerprint density at radius 1 is 1.32 bits per heavy atom. The fourth-order valence-electron chi connectivity index (χ4n) is 1.75. The van der Waals surface area contributed by atoms with Crippen LogP contribution < -0.4 is 16.3 Å². The van der Waals surface area contributed by atoms with Gasteiger partial charge < -0.3 is 14.5 Å². The lowest BCUT2D eigenvalue weighted by Gasteiger charge is -2.14. The van der Waals surface area contributed by atoms with Crippen LogP contribution in [0.4, 0.5) is 4.79 Å². The van der Waals surface area contributed by atoms with Crippen molar-refractivity contribution >= 4 is 17.9 Å². The highest BCUT2D eigenvalue weighted by Gasteiger charge is 2.23. The smallest absolute Gasteiger partial charge is 0.342 e. The Kier molecular flexibility index (Phi) is 5.85. The molecule has 0 bridgehead atoms. The maximum absolute atomic E-state index is 12.1. The van der Waals surface area contributed by atoms with Gasteiger partial charge in [-0.05, 0) is 33.3 Å². The topological polar surface area (TPSA) is 115 Å². The lowest BCUT2D eigenvalue weighted by atomic mass is 10.1. The number of nitrogens with one attached hydrogen (secondary N) is 2. The summed E-state index contributed by atoms with van der Waals surface area (Å²) in [5.41, 5.74) is -0.110. The molecule has 1 aromatic rings. The Hall–Kier alpha value is -2.64. The molecule has 2 N–H and O–H groups in total. The first-order valence-electron chi connectivity index (χ1n) is 6.67. The Labute approximate surface area is 126 Å².